The SMILES string of the molecule is CC(C)CNC(=O)C(C)NCc1ccccc1OC(F)F. The standard InChI is InChI=1S/C15H22F2N2O2/c1-10(2)8-19-14(20)11(3)18-9-12-6-4-5-7-13(12)21-15(16)17/h4-7,10-11,15,18H,8-9H2,1-3H3,(H,19,20). The van der Waals surface area contributed by atoms with Crippen molar-refractivity contribution >= 4 is 5.91 Å². The largest absolute Gasteiger partial charge is 0.434 e. The molecule has 1 atom stereocenters. The number of carbonyl (C=O) groups excluding carboxylic acids is 1. The summed E-state index contributed by atoms with van der Waals surface area (Å²) in [4.78, 5) is 11.8. The van der Waals surface area contributed by atoms with E-state index in [1.54, 1.807) is 25.1 Å². The van der Waals surface area contributed by atoms with Crippen LogP contribution in [0.1, 0.15) is 26.3 Å². The Hall–Kier alpha value is -1.69. The highest BCUT2D eigenvalue weighted by Gasteiger charge is 2.14. The molecule has 0 radical (unpaired) electrons. The zero-order valence-electron chi connectivity index (χ0n) is 12.5. The molecule has 21 heavy (non-hydrogen) atoms. The molecule has 0 aliphatic heterocycles. The van der Waals surface area contributed by atoms with E-state index in [1.165, 1.54) is 6.07 Å². The highest BCUT2D eigenvalue weighted by molar-refractivity contribution is 5.81. The molecule has 1 aromatic carbocycles. The van der Waals surface area contributed by atoms with Crippen LogP contribution in [0.3, 0.4) is 0 Å². The van der Waals surface area contributed by atoms with E-state index in [0.29, 0.717) is 18.0 Å². The third-order valence-corrected chi connectivity index (χ3v) is 2.87. The van der Waals surface area contributed by atoms with Crippen molar-refractivity contribution in [3.05, 3.63) is 29.8 Å². The lowest BCUT2D eigenvalue weighted by Crippen LogP contribution is -2.43. The van der Waals surface area contributed by atoms with E-state index >= 15 is 0 Å². The Morgan fingerprint density at radius 2 is 1.90 bits per heavy atom. The molecule has 0 saturated carbocycles. The number of para-hydroxylation sites is 1. The second kappa shape index (κ2) is 8.56. The highest BCUT2D eigenvalue weighted by Crippen LogP contribution is 2.20. The summed E-state index contributed by atoms with van der Waals surface area (Å²) in [5, 5.41) is 5.81. The van der Waals surface area contributed by atoms with Gasteiger partial charge in [-0.25, -0.2) is 0 Å². The molecular weight excluding hydrogens is 278 g/mol. The number of nitrogens with one attached hydrogen (secondary N) is 2. The molecule has 1 aromatic rings. The van der Waals surface area contributed by atoms with E-state index in [4.69, 9.17) is 0 Å². The van der Waals surface area contributed by atoms with Crippen LogP contribution >= 0.6 is 0 Å². The quantitative estimate of drug-likeness (QED) is 0.775. The second-order valence-electron chi connectivity index (χ2n) is 5.23. The summed E-state index contributed by atoms with van der Waals surface area (Å²) in [7, 11) is 0. The van der Waals surface area contributed by atoms with Crippen molar-refractivity contribution in [3.8, 4) is 5.75 Å². The van der Waals surface area contributed by atoms with Gasteiger partial charge < -0.3 is 15.4 Å². The lowest BCUT2D eigenvalue weighted by atomic mass is 10.2. The van der Waals surface area contributed by atoms with Crippen LogP contribution in [0.15, 0.2) is 24.3 Å². The minimum Gasteiger partial charge on any atom is -0.434 e. The van der Waals surface area contributed by atoms with Crippen LogP contribution in [0.5, 0.6) is 5.75 Å². The lowest BCUT2D eigenvalue weighted by molar-refractivity contribution is -0.122. The number of amides is 1. The molecule has 0 aromatic heterocycles. The van der Waals surface area contributed by atoms with Crippen LogP contribution < -0.4 is 15.4 Å². The summed E-state index contributed by atoms with van der Waals surface area (Å²) >= 11 is 0. The van der Waals surface area contributed by atoms with Crippen LogP contribution in [0.2, 0.25) is 0 Å². The maximum absolute atomic E-state index is 12.3. The van der Waals surface area contributed by atoms with E-state index in [9.17, 15) is 13.6 Å². The number of rotatable bonds is 8. The molecule has 0 bridgehead atoms. The van der Waals surface area contributed by atoms with Gasteiger partial charge in [-0.1, -0.05) is 32.0 Å². The molecule has 0 spiro atoms. The maximum atomic E-state index is 12.3. The van der Waals surface area contributed by atoms with Gasteiger partial charge in [0.25, 0.3) is 0 Å². The molecule has 0 fully saturated rings. The number of benzene rings is 1. The number of hydrogen-bond acceptors (Lipinski definition) is 3. The molecule has 4 nitrogen and oxygen atoms in total. The first-order valence-electron chi connectivity index (χ1n) is 6.94. The highest BCUT2D eigenvalue weighted by atomic mass is 19.3. The normalized spacial score (nSPS) is 12.5. The minimum atomic E-state index is -2.86. The summed E-state index contributed by atoms with van der Waals surface area (Å²) in [6.45, 7) is 3.77. The van der Waals surface area contributed by atoms with E-state index in [0.717, 1.165) is 0 Å². The van der Waals surface area contributed by atoms with Crippen molar-refractivity contribution in [2.24, 2.45) is 5.92 Å². The Morgan fingerprint density at radius 1 is 1.24 bits per heavy atom. The van der Waals surface area contributed by atoms with Crippen molar-refractivity contribution in [3.63, 3.8) is 0 Å². The molecule has 6 heteroatoms. The number of alkyl halides is 2. The van der Waals surface area contributed by atoms with Gasteiger partial charge in [0, 0.05) is 18.7 Å². The van der Waals surface area contributed by atoms with Crippen LogP contribution in [0.25, 0.3) is 0 Å². The summed E-state index contributed by atoms with van der Waals surface area (Å²) in [6.07, 6.45) is 0. The minimum absolute atomic E-state index is 0.115. The van der Waals surface area contributed by atoms with Crippen molar-refractivity contribution in [2.75, 3.05) is 6.54 Å². The fraction of sp³-hybridized carbons (Fsp3) is 0.533. The Kier molecular flexibility index (Phi) is 7.08. The third-order valence-electron chi connectivity index (χ3n) is 2.87. The molecular formula is C15H22F2N2O2. The van der Waals surface area contributed by atoms with E-state index in [-0.39, 0.29) is 18.2 Å². The maximum Gasteiger partial charge on any atom is 0.387 e. The number of hydrogen-bond donors (Lipinski definition) is 2. The topological polar surface area (TPSA) is 50.4 Å². The fourth-order valence-electron chi connectivity index (χ4n) is 1.67. The van der Waals surface area contributed by atoms with Crippen LogP contribution in [-0.4, -0.2) is 25.1 Å². The van der Waals surface area contributed by atoms with Gasteiger partial charge in [-0.15, -0.1) is 0 Å². The number of ether oxygens (including phenoxy) is 1. The van der Waals surface area contributed by atoms with Crippen molar-refractivity contribution in [1.29, 1.82) is 0 Å². The van der Waals surface area contributed by atoms with Gasteiger partial charge in [0.1, 0.15) is 5.75 Å². The predicted molar refractivity (Wildman–Crippen MR) is 77.2 cm³/mol. The first-order chi connectivity index (χ1) is 9.90. The van der Waals surface area contributed by atoms with Gasteiger partial charge in [-0.3, -0.25) is 4.79 Å². The summed E-state index contributed by atoms with van der Waals surface area (Å²) in [5.41, 5.74) is 0.585. The van der Waals surface area contributed by atoms with E-state index < -0.39 is 12.7 Å². The Bertz CT molecular complexity index is 453. The van der Waals surface area contributed by atoms with E-state index in [1.807, 2.05) is 13.8 Å². The zero-order valence-corrected chi connectivity index (χ0v) is 12.5. The van der Waals surface area contributed by atoms with Crippen molar-refractivity contribution < 1.29 is 18.3 Å². The van der Waals surface area contributed by atoms with Crippen LogP contribution in [0, 0.1) is 5.92 Å². The molecule has 0 aliphatic carbocycles. The molecule has 0 heterocycles. The first-order valence-corrected chi connectivity index (χ1v) is 6.94. The molecule has 0 aliphatic rings. The van der Waals surface area contributed by atoms with Crippen LogP contribution in [0.4, 0.5) is 8.78 Å². The second-order valence-corrected chi connectivity index (χ2v) is 5.23. The summed E-state index contributed by atoms with van der Waals surface area (Å²) in [5.74, 6) is 0.382. The number of halogens is 2. The third kappa shape index (κ3) is 6.53. The van der Waals surface area contributed by atoms with Crippen molar-refractivity contribution in [2.45, 2.75) is 40.0 Å². The van der Waals surface area contributed by atoms with Gasteiger partial charge in [-0.2, -0.15) is 8.78 Å². The molecule has 2 N–H and O–H groups in total. The lowest BCUT2D eigenvalue weighted by Gasteiger charge is -2.16. The Morgan fingerprint density at radius 3 is 2.52 bits per heavy atom. The zero-order chi connectivity index (χ0) is 15.8. The fourth-order valence-corrected chi connectivity index (χ4v) is 1.67. The summed E-state index contributed by atoms with van der Waals surface area (Å²) in [6, 6.07) is 6.11. The van der Waals surface area contributed by atoms with Gasteiger partial charge in [0.05, 0.1) is 6.04 Å². The average Bonchev–Trinajstić information content (AvgIpc) is 2.42. The molecule has 0 saturated heterocycles. The van der Waals surface area contributed by atoms with Gasteiger partial charge in [-0.05, 0) is 18.9 Å². The monoisotopic (exact) mass is 300 g/mol. The smallest absolute Gasteiger partial charge is 0.387 e. The van der Waals surface area contributed by atoms with Gasteiger partial charge in [0.2, 0.25) is 5.91 Å². The Labute approximate surface area is 123 Å². The first kappa shape index (κ1) is 17.4. The molecule has 118 valence electrons. The summed E-state index contributed by atoms with van der Waals surface area (Å²) < 4.78 is 29.0. The van der Waals surface area contributed by atoms with Gasteiger partial charge in [0.15, 0.2) is 0 Å². The predicted octanol–water partition coefficient (Wildman–Crippen LogP) is 2.54. The van der Waals surface area contributed by atoms with Crippen molar-refractivity contribution in [1.82, 2.24) is 10.6 Å². The van der Waals surface area contributed by atoms with Gasteiger partial charge >= 0.3 is 6.61 Å². The average molecular weight is 300 g/mol. The Balaban J connectivity index is 2.52. The number of carbonyl (C=O) groups is 1. The molecule has 1 rings (SSSR count). The van der Waals surface area contributed by atoms with Crippen LogP contribution in [-0.2, 0) is 11.3 Å². The van der Waals surface area contributed by atoms with E-state index in [2.05, 4.69) is 15.4 Å². The molecule has 1 amide bonds. The molecule has 1 unspecified atom stereocenters.